The number of ether oxygens (including phenoxy) is 3. The van der Waals surface area contributed by atoms with Gasteiger partial charge in [-0.15, -0.1) is 0 Å². The first-order chi connectivity index (χ1) is 16.3. The average Bonchev–Trinajstić information content (AvgIpc) is 3.12. The van der Waals surface area contributed by atoms with Crippen LogP contribution in [0, 0.1) is 45.3 Å². The van der Waals surface area contributed by atoms with Crippen molar-refractivity contribution < 1.29 is 19.3 Å². The summed E-state index contributed by atoms with van der Waals surface area (Å²) >= 11 is 0. The first-order valence-electron chi connectivity index (χ1n) is 14.5. The van der Waals surface area contributed by atoms with Gasteiger partial charge in [0.25, 0.3) is 0 Å². The molecule has 1 N–H and O–H groups in total. The zero-order chi connectivity index (χ0) is 25.2. The lowest BCUT2D eigenvalue weighted by atomic mass is 9.41. The molecule has 11 atom stereocenters. The van der Waals surface area contributed by atoms with Gasteiger partial charge in [-0.3, -0.25) is 0 Å². The van der Waals surface area contributed by atoms with E-state index in [9.17, 15) is 5.11 Å². The lowest BCUT2D eigenvalue weighted by Gasteiger charge is -2.64. The van der Waals surface area contributed by atoms with Gasteiger partial charge >= 0.3 is 0 Å². The second-order valence-corrected chi connectivity index (χ2v) is 15.1. The Bertz CT molecular complexity index is 908. The van der Waals surface area contributed by atoms with Crippen LogP contribution in [0.3, 0.4) is 0 Å². The smallest absolute Gasteiger partial charge is 0.160 e. The van der Waals surface area contributed by atoms with E-state index in [1.165, 1.54) is 32.1 Å². The number of hydrogen-bond acceptors (Lipinski definition) is 4. The van der Waals surface area contributed by atoms with Crippen LogP contribution >= 0.6 is 0 Å². The molecule has 198 valence electrons. The Morgan fingerprint density at radius 1 is 0.971 bits per heavy atom. The summed E-state index contributed by atoms with van der Waals surface area (Å²) in [5.41, 5.74) is 2.55. The topological polar surface area (TPSA) is 51.2 Å². The Labute approximate surface area is 213 Å². The Morgan fingerprint density at radius 2 is 1.69 bits per heavy atom. The fourth-order valence-corrected chi connectivity index (χ4v) is 10.7. The van der Waals surface area contributed by atoms with Gasteiger partial charge in [0.2, 0.25) is 0 Å². The maximum Gasteiger partial charge on any atom is 0.160 e. The van der Waals surface area contributed by atoms with Crippen LogP contribution < -0.4 is 0 Å². The van der Waals surface area contributed by atoms with Crippen LogP contribution in [0.15, 0.2) is 11.6 Å². The molecular formula is C31H50O4. The SMILES string of the molecule is CO[C@H]1O[C@@H]([C@@H]2OC2(C)C)C[C@H]1[C@@H]1CC[C@]2(C)C3=CC[C@H]4C(C)(C)[C@@H](O)CC[C@]4(C)[C@H]3CC[C@@]12C. The van der Waals surface area contributed by atoms with Crippen molar-refractivity contribution in [3.8, 4) is 0 Å². The summed E-state index contributed by atoms with van der Waals surface area (Å²) in [5.74, 6) is 2.31. The maximum atomic E-state index is 10.9. The van der Waals surface area contributed by atoms with E-state index in [1.54, 1.807) is 5.57 Å². The second-order valence-electron chi connectivity index (χ2n) is 15.1. The molecule has 5 fully saturated rings. The van der Waals surface area contributed by atoms with Crippen molar-refractivity contribution in [1.82, 2.24) is 0 Å². The van der Waals surface area contributed by atoms with Gasteiger partial charge in [0.15, 0.2) is 6.29 Å². The summed E-state index contributed by atoms with van der Waals surface area (Å²) in [6.45, 7) is 16.8. The Balaban J connectivity index is 1.30. The molecule has 4 aliphatic carbocycles. The summed E-state index contributed by atoms with van der Waals surface area (Å²) in [6.07, 6.45) is 12.2. The van der Waals surface area contributed by atoms with Crippen LogP contribution in [0.5, 0.6) is 0 Å². The van der Waals surface area contributed by atoms with E-state index in [4.69, 9.17) is 14.2 Å². The zero-order valence-corrected chi connectivity index (χ0v) is 23.5. The first-order valence-corrected chi connectivity index (χ1v) is 14.5. The third-order valence-electron chi connectivity index (χ3n) is 13.2. The summed E-state index contributed by atoms with van der Waals surface area (Å²) in [7, 11) is 1.83. The number of methoxy groups -OCH3 is 1. The van der Waals surface area contributed by atoms with E-state index in [1.807, 2.05) is 7.11 Å². The van der Waals surface area contributed by atoms with Crippen molar-refractivity contribution in [3.05, 3.63) is 11.6 Å². The minimum atomic E-state index is -0.169. The number of fused-ring (bicyclic) bond motifs is 5. The van der Waals surface area contributed by atoms with E-state index >= 15 is 0 Å². The molecule has 3 saturated carbocycles. The highest BCUT2D eigenvalue weighted by Crippen LogP contribution is 2.74. The molecule has 6 rings (SSSR count). The Morgan fingerprint density at radius 3 is 2.34 bits per heavy atom. The van der Waals surface area contributed by atoms with Crippen molar-refractivity contribution in [1.29, 1.82) is 0 Å². The van der Waals surface area contributed by atoms with E-state index in [2.05, 4.69) is 54.5 Å². The highest BCUT2D eigenvalue weighted by Gasteiger charge is 2.67. The molecule has 0 amide bonds. The molecule has 0 radical (unpaired) electrons. The average molecular weight is 487 g/mol. The van der Waals surface area contributed by atoms with Crippen LogP contribution in [-0.2, 0) is 14.2 Å². The van der Waals surface area contributed by atoms with Crippen LogP contribution in [0.2, 0.25) is 0 Å². The van der Waals surface area contributed by atoms with E-state index in [0.29, 0.717) is 29.1 Å². The van der Waals surface area contributed by atoms with Gasteiger partial charge in [-0.1, -0.05) is 46.3 Å². The number of aliphatic hydroxyl groups is 1. The lowest BCUT2D eigenvalue weighted by Crippen LogP contribution is -2.58. The number of rotatable bonds is 3. The zero-order valence-electron chi connectivity index (χ0n) is 23.5. The van der Waals surface area contributed by atoms with Gasteiger partial charge in [0.1, 0.15) is 6.10 Å². The highest BCUT2D eigenvalue weighted by molar-refractivity contribution is 5.33. The van der Waals surface area contributed by atoms with Gasteiger partial charge in [0, 0.05) is 13.0 Å². The Hall–Kier alpha value is -0.420. The highest BCUT2D eigenvalue weighted by atomic mass is 16.7. The molecule has 0 bridgehead atoms. The van der Waals surface area contributed by atoms with Crippen molar-refractivity contribution in [2.75, 3.05) is 7.11 Å². The molecule has 0 spiro atoms. The van der Waals surface area contributed by atoms with Gasteiger partial charge in [-0.05, 0) is 105 Å². The Kier molecular flexibility index (Phi) is 5.39. The summed E-state index contributed by atoms with van der Waals surface area (Å²) in [6, 6.07) is 0. The number of aliphatic hydroxyl groups excluding tert-OH is 1. The number of allylic oxidation sites excluding steroid dienone is 2. The van der Waals surface area contributed by atoms with Gasteiger partial charge in [-0.25, -0.2) is 0 Å². The molecule has 0 aromatic heterocycles. The third-order valence-corrected chi connectivity index (χ3v) is 13.2. The molecule has 0 unspecified atom stereocenters. The molecule has 4 heteroatoms. The fourth-order valence-electron chi connectivity index (χ4n) is 10.7. The summed E-state index contributed by atoms with van der Waals surface area (Å²) < 4.78 is 18.5. The quantitative estimate of drug-likeness (QED) is 0.365. The fraction of sp³-hybridized carbons (Fsp3) is 0.935. The third kappa shape index (κ3) is 3.18. The molecule has 6 aliphatic rings. The van der Waals surface area contributed by atoms with Gasteiger partial charge < -0.3 is 19.3 Å². The van der Waals surface area contributed by atoms with E-state index in [0.717, 1.165) is 19.3 Å². The molecule has 2 aliphatic heterocycles. The van der Waals surface area contributed by atoms with Crippen molar-refractivity contribution in [2.45, 2.75) is 130 Å². The predicted octanol–water partition coefficient (Wildman–Crippen LogP) is 6.51. The first kappa shape index (κ1) is 24.9. The normalized spacial score (nSPS) is 56.1. The summed E-state index contributed by atoms with van der Waals surface area (Å²) in [5, 5.41) is 10.9. The monoisotopic (exact) mass is 486 g/mol. The lowest BCUT2D eigenvalue weighted by molar-refractivity contribution is -0.156. The standard InChI is InChI=1S/C31H50O4/c1-27(2)23-10-9-21-20(29(23,5)14-13-24(27)32)12-16-30(6)19(11-15-31(21,30)7)18-17-22(34-26(18)33-8)25-28(3,4)35-25/h9,18-20,22-26,32H,10-17H2,1-8H3/t18-,19-,20-,22+,23-,24-,25-,26-,29+,30-,31+/m0/s1. The molecule has 2 saturated heterocycles. The molecule has 0 aromatic carbocycles. The van der Waals surface area contributed by atoms with Crippen molar-refractivity contribution in [3.63, 3.8) is 0 Å². The molecule has 2 heterocycles. The minimum absolute atomic E-state index is 0.00452. The minimum Gasteiger partial charge on any atom is -0.393 e. The molecule has 0 aromatic rings. The second kappa shape index (κ2) is 7.58. The maximum absolute atomic E-state index is 10.9. The van der Waals surface area contributed by atoms with Crippen LogP contribution in [-0.4, -0.2) is 42.4 Å². The predicted molar refractivity (Wildman–Crippen MR) is 138 cm³/mol. The number of epoxide rings is 1. The van der Waals surface area contributed by atoms with Crippen LogP contribution in [0.1, 0.15) is 99.8 Å². The van der Waals surface area contributed by atoms with Gasteiger partial charge in [0.05, 0.1) is 17.8 Å². The molecular weight excluding hydrogens is 436 g/mol. The molecule has 4 nitrogen and oxygen atoms in total. The van der Waals surface area contributed by atoms with Gasteiger partial charge in [-0.2, -0.15) is 0 Å². The van der Waals surface area contributed by atoms with Crippen LogP contribution in [0.4, 0.5) is 0 Å². The van der Waals surface area contributed by atoms with Crippen molar-refractivity contribution in [2.24, 2.45) is 45.3 Å². The molecule has 35 heavy (non-hydrogen) atoms. The number of hydrogen-bond donors (Lipinski definition) is 1. The van der Waals surface area contributed by atoms with E-state index < -0.39 is 0 Å². The van der Waals surface area contributed by atoms with Crippen molar-refractivity contribution >= 4 is 0 Å². The van der Waals surface area contributed by atoms with E-state index in [-0.39, 0.29) is 46.4 Å². The van der Waals surface area contributed by atoms with Crippen LogP contribution in [0.25, 0.3) is 0 Å². The largest absolute Gasteiger partial charge is 0.393 e. The summed E-state index contributed by atoms with van der Waals surface area (Å²) in [4.78, 5) is 0.